The maximum Gasteiger partial charge on any atom is 0.309 e. The van der Waals surface area contributed by atoms with Crippen molar-refractivity contribution in [3.63, 3.8) is 0 Å². The zero-order chi connectivity index (χ0) is 15.5. The van der Waals surface area contributed by atoms with Gasteiger partial charge in [-0.15, -0.1) is 0 Å². The zero-order valence-corrected chi connectivity index (χ0v) is 12.8. The molecule has 1 heterocycles. The van der Waals surface area contributed by atoms with Gasteiger partial charge in [0.15, 0.2) is 0 Å². The summed E-state index contributed by atoms with van der Waals surface area (Å²) in [6.45, 7) is 6.31. The van der Waals surface area contributed by atoms with Crippen molar-refractivity contribution in [3.05, 3.63) is 36.1 Å². The number of hydrogen-bond donors (Lipinski definition) is 2. The Morgan fingerprint density at radius 2 is 2.10 bits per heavy atom. The molecule has 0 radical (unpaired) electrons. The van der Waals surface area contributed by atoms with Crippen LogP contribution in [0.1, 0.15) is 32.8 Å². The molecule has 0 saturated heterocycles. The molecule has 2 N–H and O–H groups in total. The fourth-order valence-corrected chi connectivity index (χ4v) is 2.33. The van der Waals surface area contributed by atoms with Crippen molar-refractivity contribution in [2.45, 2.75) is 39.7 Å². The molecule has 1 aromatic heterocycles. The number of carbonyl (C=O) groups is 1. The van der Waals surface area contributed by atoms with Gasteiger partial charge in [-0.2, -0.15) is 0 Å². The molecule has 0 amide bonds. The molecular formula is C17H23NO3. The molecule has 0 aliphatic heterocycles. The van der Waals surface area contributed by atoms with Crippen LogP contribution < -0.4 is 5.32 Å². The van der Waals surface area contributed by atoms with Crippen LogP contribution in [0.2, 0.25) is 0 Å². The lowest BCUT2D eigenvalue weighted by atomic mass is 9.89. The highest BCUT2D eigenvalue weighted by atomic mass is 16.4. The maximum absolute atomic E-state index is 11.1. The van der Waals surface area contributed by atoms with Gasteiger partial charge in [-0.25, -0.2) is 0 Å². The summed E-state index contributed by atoms with van der Waals surface area (Å²) in [4.78, 5) is 11.1. The second-order valence-electron chi connectivity index (χ2n) is 6.26. The van der Waals surface area contributed by atoms with Crippen LogP contribution in [0.15, 0.2) is 34.9 Å². The van der Waals surface area contributed by atoms with E-state index >= 15 is 0 Å². The van der Waals surface area contributed by atoms with Crippen LogP contribution >= 0.6 is 0 Å². The summed E-state index contributed by atoms with van der Waals surface area (Å²) in [6, 6.07) is 8.27. The van der Waals surface area contributed by atoms with E-state index in [2.05, 4.69) is 18.3 Å². The van der Waals surface area contributed by atoms with Crippen LogP contribution in [0.3, 0.4) is 0 Å². The molecule has 1 aromatic carbocycles. The predicted octanol–water partition coefficient (Wildman–Crippen LogP) is 3.45. The van der Waals surface area contributed by atoms with Gasteiger partial charge in [0.2, 0.25) is 0 Å². The molecule has 2 aromatic rings. The first-order chi connectivity index (χ1) is 9.90. The number of aliphatic carboxylic acids is 1. The molecular weight excluding hydrogens is 266 g/mol. The van der Waals surface area contributed by atoms with Gasteiger partial charge in [0.1, 0.15) is 5.58 Å². The van der Waals surface area contributed by atoms with Crippen LogP contribution in [-0.4, -0.2) is 23.7 Å². The van der Waals surface area contributed by atoms with Crippen LogP contribution in [0.25, 0.3) is 11.0 Å². The first kappa shape index (κ1) is 15.6. The Morgan fingerprint density at radius 1 is 1.38 bits per heavy atom. The van der Waals surface area contributed by atoms with Gasteiger partial charge in [0, 0.05) is 11.4 Å². The second-order valence-corrected chi connectivity index (χ2v) is 6.26. The van der Waals surface area contributed by atoms with Gasteiger partial charge in [-0.3, -0.25) is 4.79 Å². The van der Waals surface area contributed by atoms with Crippen molar-refractivity contribution in [1.82, 2.24) is 5.32 Å². The number of nitrogens with one attached hydrogen (secondary N) is 1. The molecule has 1 unspecified atom stereocenters. The van der Waals surface area contributed by atoms with Crippen LogP contribution in [-0.2, 0) is 11.2 Å². The van der Waals surface area contributed by atoms with Gasteiger partial charge >= 0.3 is 5.97 Å². The molecule has 4 heteroatoms. The number of rotatable bonds is 7. The minimum atomic E-state index is -0.752. The summed E-state index contributed by atoms with van der Waals surface area (Å²) in [5, 5.41) is 13.6. The van der Waals surface area contributed by atoms with E-state index in [4.69, 9.17) is 9.52 Å². The van der Waals surface area contributed by atoms with E-state index in [1.54, 1.807) is 13.8 Å². The van der Waals surface area contributed by atoms with Crippen molar-refractivity contribution >= 4 is 16.9 Å². The fraction of sp³-hybridized carbons (Fsp3) is 0.471. The van der Waals surface area contributed by atoms with Crippen molar-refractivity contribution in [2.75, 3.05) is 6.54 Å². The number of hydrogen-bond acceptors (Lipinski definition) is 3. The average Bonchev–Trinajstić information content (AvgIpc) is 2.82. The summed E-state index contributed by atoms with van der Waals surface area (Å²) >= 11 is 0. The summed E-state index contributed by atoms with van der Waals surface area (Å²) in [7, 11) is 0. The summed E-state index contributed by atoms with van der Waals surface area (Å²) in [5.41, 5.74) is 1.41. The van der Waals surface area contributed by atoms with Gasteiger partial charge < -0.3 is 14.8 Å². The van der Waals surface area contributed by atoms with Gasteiger partial charge in [-0.1, -0.05) is 18.2 Å². The van der Waals surface area contributed by atoms with Gasteiger partial charge in [0.05, 0.1) is 11.7 Å². The monoisotopic (exact) mass is 289 g/mol. The molecule has 114 valence electrons. The smallest absolute Gasteiger partial charge is 0.309 e. The molecule has 0 spiro atoms. The van der Waals surface area contributed by atoms with Crippen LogP contribution in [0, 0.1) is 5.41 Å². The normalized spacial score (nSPS) is 13.5. The Labute approximate surface area is 125 Å². The SMILES string of the molecule is CC(Cc1coc2ccccc12)NCCC(C)(C)C(=O)O. The Bertz CT molecular complexity index is 615. The van der Waals surface area contributed by atoms with E-state index in [0.717, 1.165) is 17.4 Å². The van der Waals surface area contributed by atoms with E-state index in [1.807, 2.05) is 24.5 Å². The van der Waals surface area contributed by atoms with E-state index in [1.165, 1.54) is 5.56 Å². The highest BCUT2D eigenvalue weighted by molar-refractivity contribution is 5.80. The minimum absolute atomic E-state index is 0.274. The van der Waals surface area contributed by atoms with Crippen molar-refractivity contribution < 1.29 is 14.3 Å². The quantitative estimate of drug-likeness (QED) is 0.819. The predicted molar refractivity (Wildman–Crippen MR) is 83.4 cm³/mol. The molecule has 0 fully saturated rings. The Morgan fingerprint density at radius 3 is 2.81 bits per heavy atom. The Kier molecular flexibility index (Phi) is 4.68. The third-order valence-corrected chi connectivity index (χ3v) is 3.91. The first-order valence-corrected chi connectivity index (χ1v) is 7.32. The van der Waals surface area contributed by atoms with Crippen LogP contribution in [0.4, 0.5) is 0 Å². The zero-order valence-electron chi connectivity index (χ0n) is 12.8. The topological polar surface area (TPSA) is 62.5 Å². The van der Waals surface area contributed by atoms with Crippen molar-refractivity contribution in [2.24, 2.45) is 5.41 Å². The second kappa shape index (κ2) is 6.31. The molecule has 1 atom stereocenters. The average molecular weight is 289 g/mol. The lowest BCUT2D eigenvalue weighted by Crippen LogP contribution is -2.34. The number of carboxylic acids is 1. The summed E-state index contributed by atoms with van der Waals surface area (Å²) in [6.07, 6.45) is 3.29. The highest BCUT2D eigenvalue weighted by Crippen LogP contribution is 2.22. The number of furan rings is 1. The summed E-state index contributed by atoms with van der Waals surface area (Å²) in [5.74, 6) is -0.752. The molecule has 0 aliphatic carbocycles. The van der Waals surface area contributed by atoms with Crippen molar-refractivity contribution in [1.29, 1.82) is 0 Å². The van der Waals surface area contributed by atoms with E-state index < -0.39 is 11.4 Å². The fourth-order valence-electron chi connectivity index (χ4n) is 2.33. The number of benzene rings is 1. The third kappa shape index (κ3) is 3.85. The van der Waals surface area contributed by atoms with Gasteiger partial charge in [0.25, 0.3) is 0 Å². The standard InChI is InChI=1S/C17H23NO3/c1-12(18-9-8-17(2,3)16(19)20)10-13-11-21-15-7-5-4-6-14(13)15/h4-7,11-12,18H,8-10H2,1-3H3,(H,19,20). The van der Waals surface area contributed by atoms with Gasteiger partial charge in [-0.05, 0) is 51.8 Å². The maximum atomic E-state index is 11.1. The third-order valence-electron chi connectivity index (χ3n) is 3.91. The van der Waals surface area contributed by atoms with Crippen LogP contribution in [0.5, 0.6) is 0 Å². The summed E-state index contributed by atoms with van der Waals surface area (Å²) < 4.78 is 5.53. The lowest BCUT2D eigenvalue weighted by molar-refractivity contribution is -0.147. The number of carboxylic acid groups (broad SMARTS) is 1. The molecule has 21 heavy (non-hydrogen) atoms. The van der Waals surface area contributed by atoms with E-state index in [0.29, 0.717) is 13.0 Å². The van der Waals surface area contributed by atoms with E-state index in [-0.39, 0.29) is 6.04 Å². The Balaban J connectivity index is 1.88. The molecule has 0 saturated carbocycles. The number of fused-ring (bicyclic) bond motifs is 1. The van der Waals surface area contributed by atoms with Crippen molar-refractivity contribution in [3.8, 4) is 0 Å². The molecule has 0 aliphatic rings. The van der Waals surface area contributed by atoms with E-state index in [9.17, 15) is 4.79 Å². The highest BCUT2D eigenvalue weighted by Gasteiger charge is 2.26. The Hall–Kier alpha value is -1.81. The lowest BCUT2D eigenvalue weighted by Gasteiger charge is -2.21. The number of para-hydroxylation sites is 1. The molecule has 4 nitrogen and oxygen atoms in total. The molecule has 2 rings (SSSR count). The largest absolute Gasteiger partial charge is 0.481 e. The molecule has 0 bridgehead atoms. The first-order valence-electron chi connectivity index (χ1n) is 7.32. The minimum Gasteiger partial charge on any atom is -0.481 e.